The minimum Gasteiger partial charge on any atom is -0.410 e. The lowest BCUT2D eigenvalue weighted by molar-refractivity contribution is 0.155. The van der Waals surface area contributed by atoms with Gasteiger partial charge in [-0.05, 0) is 69.2 Å². The fourth-order valence-corrected chi connectivity index (χ4v) is 2.46. The zero-order valence-corrected chi connectivity index (χ0v) is 13.2. The minimum absolute atomic E-state index is 0.627. The van der Waals surface area contributed by atoms with Crippen molar-refractivity contribution in [2.75, 3.05) is 26.2 Å². The highest BCUT2D eigenvalue weighted by atomic mass is 16.5. The van der Waals surface area contributed by atoms with Crippen molar-refractivity contribution in [3.05, 3.63) is 24.3 Å². The largest absolute Gasteiger partial charge is 0.410 e. The maximum Gasteiger partial charge on any atom is 0.130 e. The molecule has 2 saturated heterocycles. The molecule has 2 aromatic rings. The summed E-state index contributed by atoms with van der Waals surface area (Å²) >= 11 is 0. The Kier molecular flexibility index (Phi) is 7.69. The van der Waals surface area contributed by atoms with E-state index in [2.05, 4.69) is 20.9 Å². The quantitative estimate of drug-likeness (QED) is 0.651. The lowest BCUT2D eigenvalue weighted by atomic mass is 10.2. The monoisotopic (exact) mass is 305 g/mol. The Labute approximate surface area is 131 Å². The molecule has 22 heavy (non-hydrogen) atoms. The van der Waals surface area contributed by atoms with Crippen molar-refractivity contribution in [3.8, 4) is 0 Å². The van der Waals surface area contributed by atoms with E-state index in [0.717, 1.165) is 4.85 Å². The van der Waals surface area contributed by atoms with Crippen molar-refractivity contribution < 1.29 is 5.21 Å². The van der Waals surface area contributed by atoms with E-state index in [-0.39, 0.29) is 0 Å². The molecule has 3 N–H and O–H groups in total. The van der Waals surface area contributed by atoms with Crippen LogP contribution >= 0.6 is 0 Å². The van der Waals surface area contributed by atoms with Gasteiger partial charge in [-0.15, -0.1) is 5.10 Å². The first kappa shape index (κ1) is 16.7. The Hall–Kier alpha value is -1.66. The molecule has 0 saturated carbocycles. The first-order chi connectivity index (χ1) is 10.9. The summed E-state index contributed by atoms with van der Waals surface area (Å²) in [6.07, 6.45) is 8.43. The Morgan fingerprint density at radius 3 is 1.77 bits per heavy atom. The third kappa shape index (κ3) is 5.99. The zero-order chi connectivity index (χ0) is 15.5. The molecule has 2 aliphatic heterocycles. The number of fused-ring (bicyclic) bond motifs is 1. The van der Waals surface area contributed by atoms with E-state index in [1.54, 1.807) is 12.1 Å². The molecular weight excluding hydrogens is 278 g/mol. The molecule has 1 aromatic heterocycles. The van der Waals surface area contributed by atoms with Gasteiger partial charge in [0.05, 0.1) is 0 Å². The van der Waals surface area contributed by atoms with Crippen LogP contribution in [0.15, 0.2) is 24.3 Å². The first-order valence-electron chi connectivity index (χ1n) is 8.29. The molecule has 0 amide bonds. The SMILES string of the molecule is C1CCNCC1.C1CCNCC1.On1nnc2ccccc21. The van der Waals surface area contributed by atoms with Crippen LogP contribution < -0.4 is 10.6 Å². The third-order valence-corrected chi connectivity index (χ3v) is 3.75. The number of piperidine rings is 2. The molecular formula is C16H27N5O. The average molecular weight is 305 g/mol. The van der Waals surface area contributed by atoms with E-state index in [1.807, 2.05) is 12.1 Å². The molecule has 1 aromatic carbocycles. The zero-order valence-electron chi connectivity index (χ0n) is 13.2. The van der Waals surface area contributed by atoms with E-state index in [9.17, 15) is 0 Å². The Bertz CT molecular complexity index is 485. The highest BCUT2D eigenvalue weighted by Crippen LogP contribution is 2.06. The normalized spacial score (nSPS) is 17.8. The number of aromatic nitrogens is 3. The van der Waals surface area contributed by atoms with Crippen LogP contribution in [-0.4, -0.2) is 46.5 Å². The smallest absolute Gasteiger partial charge is 0.130 e. The predicted octanol–water partition coefficient (Wildman–Crippen LogP) is 2.19. The average Bonchev–Trinajstić information content (AvgIpc) is 3.01. The van der Waals surface area contributed by atoms with Gasteiger partial charge in [-0.3, -0.25) is 0 Å². The van der Waals surface area contributed by atoms with Crippen LogP contribution in [0.1, 0.15) is 38.5 Å². The van der Waals surface area contributed by atoms with E-state index in [4.69, 9.17) is 5.21 Å². The summed E-state index contributed by atoms with van der Waals surface area (Å²) in [6, 6.07) is 7.19. The fraction of sp³-hybridized carbons (Fsp3) is 0.625. The highest BCUT2D eigenvalue weighted by Gasteiger charge is 1.98. The Morgan fingerprint density at radius 1 is 0.818 bits per heavy atom. The second kappa shape index (κ2) is 10.1. The van der Waals surface area contributed by atoms with Crippen LogP contribution in [0.2, 0.25) is 0 Å². The first-order valence-corrected chi connectivity index (χ1v) is 8.29. The van der Waals surface area contributed by atoms with Gasteiger partial charge in [-0.25, -0.2) is 0 Å². The van der Waals surface area contributed by atoms with Gasteiger partial charge in [0.1, 0.15) is 11.0 Å². The van der Waals surface area contributed by atoms with Gasteiger partial charge in [0.25, 0.3) is 0 Å². The van der Waals surface area contributed by atoms with Crippen molar-refractivity contribution >= 4 is 11.0 Å². The number of hydrogen-bond donors (Lipinski definition) is 3. The molecule has 0 aliphatic carbocycles. The van der Waals surface area contributed by atoms with Gasteiger partial charge in [-0.2, -0.15) is 0 Å². The summed E-state index contributed by atoms with van der Waals surface area (Å²) < 4.78 is 0. The molecule has 2 fully saturated rings. The summed E-state index contributed by atoms with van der Waals surface area (Å²) in [7, 11) is 0. The van der Waals surface area contributed by atoms with Gasteiger partial charge in [0, 0.05) is 0 Å². The molecule has 0 spiro atoms. The molecule has 0 radical (unpaired) electrons. The number of rotatable bonds is 0. The van der Waals surface area contributed by atoms with Gasteiger partial charge in [0.15, 0.2) is 0 Å². The van der Waals surface area contributed by atoms with Gasteiger partial charge < -0.3 is 15.8 Å². The topological polar surface area (TPSA) is 75.0 Å². The maximum absolute atomic E-state index is 8.95. The van der Waals surface area contributed by atoms with Gasteiger partial charge in [-0.1, -0.05) is 29.8 Å². The maximum atomic E-state index is 8.95. The van der Waals surface area contributed by atoms with Gasteiger partial charge >= 0.3 is 0 Å². The van der Waals surface area contributed by atoms with E-state index in [0.29, 0.717) is 11.0 Å². The van der Waals surface area contributed by atoms with E-state index >= 15 is 0 Å². The highest BCUT2D eigenvalue weighted by molar-refractivity contribution is 5.73. The van der Waals surface area contributed by atoms with Crippen molar-refractivity contribution in [2.45, 2.75) is 38.5 Å². The van der Waals surface area contributed by atoms with Crippen LogP contribution in [-0.2, 0) is 0 Å². The molecule has 0 unspecified atom stereocenters. The van der Waals surface area contributed by atoms with Crippen LogP contribution in [0.3, 0.4) is 0 Å². The lowest BCUT2D eigenvalue weighted by Crippen LogP contribution is -2.21. The number of benzene rings is 1. The Balaban J connectivity index is 0.000000128. The van der Waals surface area contributed by atoms with Crippen LogP contribution in [0, 0.1) is 0 Å². The second-order valence-electron chi connectivity index (χ2n) is 5.59. The Morgan fingerprint density at radius 2 is 1.36 bits per heavy atom. The van der Waals surface area contributed by atoms with Crippen molar-refractivity contribution in [3.63, 3.8) is 0 Å². The van der Waals surface area contributed by atoms with E-state index < -0.39 is 0 Å². The minimum atomic E-state index is 0.627. The summed E-state index contributed by atoms with van der Waals surface area (Å²) in [6.45, 7) is 5.00. The number of nitrogens with zero attached hydrogens (tertiary/aromatic N) is 3. The lowest BCUT2D eigenvalue weighted by Gasteiger charge is -2.08. The summed E-state index contributed by atoms with van der Waals surface area (Å²) in [5.74, 6) is 0. The number of hydrogen-bond acceptors (Lipinski definition) is 5. The third-order valence-electron chi connectivity index (χ3n) is 3.75. The van der Waals surface area contributed by atoms with Crippen LogP contribution in [0.5, 0.6) is 0 Å². The molecule has 0 bridgehead atoms. The van der Waals surface area contributed by atoms with Crippen molar-refractivity contribution in [1.29, 1.82) is 0 Å². The van der Waals surface area contributed by atoms with Crippen LogP contribution in [0.4, 0.5) is 0 Å². The standard InChI is InChI=1S/C6H5N3O.2C5H11N/c10-9-6-4-2-1-3-5(6)7-8-9;2*1-2-4-6-5-3-1/h1-4,10H;2*6H,1-5H2. The van der Waals surface area contributed by atoms with Gasteiger partial charge in [0.2, 0.25) is 0 Å². The molecule has 6 heteroatoms. The predicted molar refractivity (Wildman–Crippen MR) is 88.2 cm³/mol. The molecule has 3 heterocycles. The summed E-state index contributed by atoms with van der Waals surface area (Å²) in [5, 5.41) is 22.6. The van der Waals surface area contributed by atoms with Crippen molar-refractivity contribution in [1.82, 2.24) is 25.8 Å². The number of nitrogens with one attached hydrogen (secondary N) is 2. The van der Waals surface area contributed by atoms with Crippen molar-refractivity contribution in [2.24, 2.45) is 0 Å². The molecule has 4 rings (SSSR count). The number of para-hydroxylation sites is 1. The van der Waals surface area contributed by atoms with Crippen LogP contribution in [0.25, 0.3) is 11.0 Å². The molecule has 2 aliphatic rings. The fourth-order valence-electron chi connectivity index (χ4n) is 2.46. The molecule has 122 valence electrons. The summed E-state index contributed by atoms with van der Waals surface area (Å²) in [5.41, 5.74) is 1.33. The summed E-state index contributed by atoms with van der Waals surface area (Å²) in [4.78, 5) is 0.759. The van der Waals surface area contributed by atoms with E-state index in [1.165, 1.54) is 64.7 Å². The molecule has 0 atom stereocenters. The second-order valence-corrected chi connectivity index (χ2v) is 5.59. The molecule has 6 nitrogen and oxygen atoms in total.